The second-order valence-electron chi connectivity index (χ2n) is 5.18. The Balaban J connectivity index is 1.76. The van der Waals surface area contributed by atoms with E-state index in [1.54, 1.807) is 0 Å². The van der Waals surface area contributed by atoms with Crippen LogP contribution >= 0.6 is 11.6 Å². The van der Waals surface area contributed by atoms with Gasteiger partial charge in [-0.3, -0.25) is 0 Å². The first-order valence-electron chi connectivity index (χ1n) is 6.57. The van der Waals surface area contributed by atoms with Crippen LogP contribution in [0.4, 0.5) is 5.69 Å². The molecule has 17 heavy (non-hydrogen) atoms. The first-order chi connectivity index (χ1) is 8.33. The van der Waals surface area contributed by atoms with Gasteiger partial charge in [-0.25, -0.2) is 0 Å². The van der Waals surface area contributed by atoms with E-state index in [2.05, 4.69) is 22.3 Å². The summed E-state index contributed by atoms with van der Waals surface area (Å²) in [6, 6.07) is 8.91. The molecule has 1 aliphatic carbocycles. The number of halogens is 1. The molecule has 1 saturated carbocycles. The molecule has 1 unspecified atom stereocenters. The van der Waals surface area contributed by atoms with Crippen molar-refractivity contribution in [2.45, 2.75) is 25.3 Å². The van der Waals surface area contributed by atoms with Gasteiger partial charge in [0.1, 0.15) is 0 Å². The van der Waals surface area contributed by atoms with E-state index in [0.717, 1.165) is 30.6 Å². The third kappa shape index (κ3) is 2.75. The van der Waals surface area contributed by atoms with Crippen LogP contribution in [0.5, 0.6) is 0 Å². The fourth-order valence-electron chi connectivity index (χ4n) is 2.67. The summed E-state index contributed by atoms with van der Waals surface area (Å²) in [6.45, 7) is 3.42. The number of rotatable bonds is 2. The molecule has 1 N–H and O–H groups in total. The Morgan fingerprint density at radius 2 is 2.18 bits per heavy atom. The molecule has 1 aromatic carbocycles. The summed E-state index contributed by atoms with van der Waals surface area (Å²) in [4.78, 5) is 2.48. The van der Waals surface area contributed by atoms with Crippen molar-refractivity contribution in [2.24, 2.45) is 5.92 Å². The Labute approximate surface area is 108 Å². The van der Waals surface area contributed by atoms with Crippen LogP contribution in [0.15, 0.2) is 24.3 Å². The molecule has 1 aromatic rings. The van der Waals surface area contributed by atoms with E-state index in [1.165, 1.54) is 24.9 Å². The standard InChI is InChI=1S/C14H19ClN2/c15-12-3-1-4-13(9-12)17-8-2-7-16-14(10-17)11-5-6-11/h1,3-4,9,11,14,16H,2,5-8,10H2. The Bertz CT molecular complexity index is 390. The summed E-state index contributed by atoms with van der Waals surface area (Å²) in [5.41, 5.74) is 1.27. The van der Waals surface area contributed by atoms with Gasteiger partial charge in [0.05, 0.1) is 0 Å². The van der Waals surface area contributed by atoms with Crippen molar-refractivity contribution in [3.05, 3.63) is 29.3 Å². The fraction of sp³-hybridized carbons (Fsp3) is 0.571. The van der Waals surface area contributed by atoms with Gasteiger partial charge in [0.2, 0.25) is 0 Å². The van der Waals surface area contributed by atoms with E-state index in [-0.39, 0.29) is 0 Å². The highest BCUT2D eigenvalue weighted by Crippen LogP contribution is 2.34. The van der Waals surface area contributed by atoms with Crippen LogP contribution in [0.3, 0.4) is 0 Å². The molecule has 3 rings (SSSR count). The smallest absolute Gasteiger partial charge is 0.0426 e. The first-order valence-corrected chi connectivity index (χ1v) is 6.94. The van der Waals surface area contributed by atoms with Crippen LogP contribution in [-0.2, 0) is 0 Å². The van der Waals surface area contributed by atoms with Gasteiger partial charge in [0, 0.05) is 29.8 Å². The Morgan fingerprint density at radius 3 is 2.94 bits per heavy atom. The number of nitrogens with one attached hydrogen (secondary N) is 1. The second kappa shape index (κ2) is 4.87. The molecule has 0 spiro atoms. The topological polar surface area (TPSA) is 15.3 Å². The van der Waals surface area contributed by atoms with Gasteiger partial charge in [0.25, 0.3) is 0 Å². The number of benzene rings is 1. The molecule has 0 bridgehead atoms. The van der Waals surface area contributed by atoms with Crippen molar-refractivity contribution in [3.63, 3.8) is 0 Å². The molecule has 2 aliphatic rings. The van der Waals surface area contributed by atoms with Crippen LogP contribution < -0.4 is 10.2 Å². The lowest BCUT2D eigenvalue weighted by Gasteiger charge is -2.26. The molecule has 2 fully saturated rings. The van der Waals surface area contributed by atoms with Crippen molar-refractivity contribution in [1.82, 2.24) is 5.32 Å². The predicted molar refractivity (Wildman–Crippen MR) is 72.8 cm³/mol. The van der Waals surface area contributed by atoms with Crippen molar-refractivity contribution >= 4 is 17.3 Å². The molecular formula is C14H19ClN2. The van der Waals surface area contributed by atoms with Crippen molar-refractivity contribution in [2.75, 3.05) is 24.5 Å². The normalized spacial score (nSPS) is 25.7. The van der Waals surface area contributed by atoms with Crippen LogP contribution in [-0.4, -0.2) is 25.7 Å². The van der Waals surface area contributed by atoms with Gasteiger partial charge in [-0.2, -0.15) is 0 Å². The Hall–Kier alpha value is -0.730. The van der Waals surface area contributed by atoms with Crippen molar-refractivity contribution < 1.29 is 0 Å². The van der Waals surface area contributed by atoms with E-state index in [1.807, 2.05) is 12.1 Å². The van der Waals surface area contributed by atoms with E-state index < -0.39 is 0 Å². The molecule has 1 aliphatic heterocycles. The zero-order chi connectivity index (χ0) is 11.7. The van der Waals surface area contributed by atoms with Crippen LogP contribution in [0.25, 0.3) is 0 Å². The zero-order valence-electron chi connectivity index (χ0n) is 10.0. The molecule has 0 radical (unpaired) electrons. The number of hydrogen-bond donors (Lipinski definition) is 1. The lowest BCUT2D eigenvalue weighted by atomic mass is 10.1. The molecule has 1 heterocycles. The van der Waals surface area contributed by atoms with Gasteiger partial charge < -0.3 is 10.2 Å². The molecule has 1 saturated heterocycles. The molecular weight excluding hydrogens is 232 g/mol. The number of anilines is 1. The van der Waals surface area contributed by atoms with Crippen molar-refractivity contribution in [1.29, 1.82) is 0 Å². The summed E-state index contributed by atoms with van der Waals surface area (Å²) in [5, 5.41) is 4.52. The summed E-state index contributed by atoms with van der Waals surface area (Å²) in [5.74, 6) is 0.912. The zero-order valence-corrected chi connectivity index (χ0v) is 10.8. The third-order valence-corrected chi connectivity index (χ3v) is 4.03. The first kappa shape index (κ1) is 11.4. The molecule has 1 atom stereocenters. The lowest BCUT2D eigenvalue weighted by molar-refractivity contribution is 0.490. The third-order valence-electron chi connectivity index (χ3n) is 3.79. The van der Waals surface area contributed by atoms with E-state index in [9.17, 15) is 0 Å². The number of nitrogens with zero attached hydrogens (tertiary/aromatic N) is 1. The SMILES string of the molecule is Clc1cccc(N2CCCNC(C3CC3)C2)c1. The minimum Gasteiger partial charge on any atom is -0.370 e. The maximum absolute atomic E-state index is 6.07. The lowest BCUT2D eigenvalue weighted by Crippen LogP contribution is -2.39. The molecule has 3 heteroatoms. The van der Waals surface area contributed by atoms with E-state index >= 15 is 0 Å². The summed E-state index contributed by atoms with van der Waals surface area (Å²) < 4.78 is 0. The maximum atomic E-state index is 6.07. The molecule has 0 amide bonds. The van der Waals surface area contributed by atoms with Crippen LogP contribution in [0, 0.1) is 5.92 Å². The van der Waals surface area contributed by atoms with Crippen LogP contribution in [0.1, 0.15) is 19.3 Å². The fourth-order valence-corrected chi connectivity index (χ4v) is 2.86. The highest BCUT2D eigenvalue weighted by atomic mass is 35.5. The van der Waals surface area contributed by atoms with E-state index in [0.29, 0.717) is 6.04 Å². The Kier molecular flexibility index (Phi) is 3.26. The average Bonchev–Trinajstić information content (AvgIpc) is 3.15. The van der Waals surface area contributed by atoms with Gasteiger partial charge in [-0.05, 0) is 49.9 Å². The largest absolute Gasteiger partial charge is 0.370 e. The van der Waals surface area contributed by atoms with Gasteiger partial charge >= 0.3 is 0 Å². The van der Waals surface area contributed by atoms with Crippen LogP contribution in [0.2, 0.25) is 5.02 Å². The highest BCUT2D eigenvalue weighted by molar-refractivity contribution is 6.30. The molecule has 0 aromatic heterocycles. The quantitative estimate of drug-likeness (QED) is 0.868. The highest BCUT2D eigenvalue weighted by Gasteiger charge is 2.33. The van der Waals surface area contributed by atoms with Gasteiger partial charge in [-0.1, -0.05) is 17.7 Å². The Morgan fingerprint density at radius 1 is 1.29 bits per heavy atom. The summed E-state index contributed by atoms with van der Waals surface area (Å²) >= 11 is 6.07. The predicted octanol–water partition coefficient (Wildman–Crippen LogP) is 2.92. The summed E-state index contributed by atoms with van der Waals surface area (Å²) in [7, 11) is 0. The minimum absolute atomic E-state index is 0.677. The number of hydrogen-bond acceptors (Lipinski definition) is 2. The summed E-state index contributed by atoms with van der Waals surface area (Å²) in [6.07, 6.45) is 4.03. The maximum Gasteiger partial charge on any atom is 0.0426 e. The molecule has 2 nitrogen and oxygen atoms in total. The average molecular weight is 251 g/mol. The minimum atomic E-state index is 0.677. The molecule has 92 valence electrons. The monoisotopic (exact) mass is 250 g/mol. The second-order valence-corrected chi connectivity index (χ2v) is 5.61. The van der Waals surface area contributed by atoms with Crippen molar-refractivity contribution in [3.8, 4) is 0 Å². The van der Waals surface area contributed by atoms with Gasteiger partial charge in [0.15, 0.2) is 0 Å². The van der Waals surface area contributed by atoms with Gasteiger partial charge in [-0.15, -0.1) is 0 Å². The van der Waals surface area contributed by atoms with E-state index in [4.69, 9.17) is 11.6 Å².